The summed E-state index contributed by atoms with van der Waals surface area (Å²) < 4.78 is 5.69. The smallest absolute Gasteiger partial charge is 0.313 e. The number of fused-ring (bicyclic) bond motifs is 7. The third kappa shape index (κ3) is 3.17. The van der Waals surface area contributed by atoms with Crippen LogP contribution in [0.1, 0.15) is 113 Å². The van der Waals surface area contributed by atoms with Gasteiger partial charge < -0.3 is 9.84 Å². The van der Waals surface area contributed by atoms with E-state index in [-0.39, 0.29) is 28.1 Å². The Kier molecular flexibility index (Phi) is 5.91. The largest absolute Gasteiger partial charge is 0.481 e. The van der Waals surface area contributed by atoms with Gasteiger partial charge in [0.05, 0.1) is 0 Å². The lowest BCUT2D eigenvalue weighted by Crippen LogP contribution is -2.66. The van der Waals surface area contributed by atoms with E-state index in [1.807, 2.05) is 6.92 Å². The number of esters is 1. The van der Waals surface area contributed by atoms with Crippen molar-refractivity contribution in [1.82, 2.24) is 0 Å². The molecule has 202 valence electrons. The van der Waals surface area contributed by atoms with Crippen molar-refractivity contribution in [2.24, 2.45) is 56.7 Å². The van der Waals surface area contributed by atoms with Crippen LogP contribution < -0.4 is 0 Å². The SMILES string of the molecule is CC(=O)O[C@@H]1CC[C@@]2(C)C(CC[C@]3(C)C2CC=C2C4[C@@H](C)[C@H](C)CC[C@]4(C)CC[C@]23C)[C@@]1(C)C(=O)O. The standard InChI is InChI=1S/C32H50O4/c1-19-11-14-28(4)17-18-30(6)22(26(28)20(19)2)9-10-23-29(5)15-13-25(36-21(3)33)32(8,27(34)35)24(29)12-16-31(23,30)7/h9,19-20,23-26H,10-18H2,1-8H3,(H,34,35)/t19-,20+,23?,24?,25-,26?,28-,29-,30-,31-,32-/m1/s1. The van der Waals surface area contributed by atoms with Gasteiger partial charge in [0, 0.05) is 6.92 Å². The molecule has 0 spiro atoms. The Morgan fingerprint density at radius 2 is 1.61 bits per heavy atom. The lowest BCUT2D eigenvalue weighted by molar-refractivity contribution is -0.223. The molecule has 0 bridgehead atoms. The van der Waals surface area contributed by atoms with Crippen molar-refractivity contribution in [2.45, 2.75) is 119 Å². The lowest BCUT2D eigenvalue weighted by Gasteiger charge is -2.71. The molecule has 4 fully saturated rings. The zero-order valence-electron chi connectivity index (χ0n) is 24.1. The summed E-state index contributed by atoms with van der Waals surface area (Å²) in [5.41, 5.74) is 1.40. The quantitative estimate of drug-likeness (QED) is 0.313. The average Bonchev–Trinajstić information content (AvgIpc) is 2.79. The predicted molar refractivity (Wildman–Crippen MR) is 142 cm³/mol. The first-order chi connectivity index (χ1) is 16.6. The number of hydrogen-bond acceptors (Lipinski definition) is 3. The van der Waals surface area contributed by atoms with Gasteiger partial charge >= 0.3 is 11.9 Å². The van der Waals surface area contributed by atoms with Crippen LogP contribution in [0.2, 0.25) is 0 Å². The number of ether oxygens (including phenoxy) is 1. The van der Waals surface area contributed by atoms with E-state index in [9.17, 15) is 14.7 Å². The third-order valence-electron chi connectivity index (χ3n) is 13.8. The van der Waals surface area contributed by atoms with Gasteiger partial charge in [0.1, 0.15) is 11.5 Å². The van der Waals surface area contributed by atoms with Crippen molar-refractivity contribution in [3.8, 4) is 0 Å². The maximum Gasteiger partial charge on any atom is 0.313 e. The number of hydrogen-bond donors (Lipinski definition) is 1. The highest BCUT2D eigenvalue weighted by Crippen LogP contribution is 2.75. The van der Waals surface area contributed by atoms with Crippen LogP contribution in [0.25, 0.3) is 0 Å². The minimum absolute atomic E-state index is 0.0136. The van der Waals surface area contributed by atoms with Gasteiger partial charge in [0.15, 0.2) is 0 Å². The van der Waals surface area contributed by atoms with E-state index in [1.165, 1.54) is 32.6 Å². The minimum atomic E-state index is -1.04. The Balaban J connectivity index is 1.57. The molecule has 4 saturated carbocycles. The summed E-state index contributed by atoms with van der Waals surface area (Å²) in [5.74, 6) is 1.47. The molecule has 11 atom stereocenters. The van der Waals surface area contributed by atoms with Crippen LogP contribution in [0.3, 0.4) is 0 Å². The highest BCUT2D eigenvalue weighted by atomic mass is 16.5. The molecule has 0 radical (unpaired) electrons. The minimum Gasteiger partial charge on any atom is -0.481 e. The van der Waals surface area contributed by atoms with Gasteiger partial charge in [0.2, 0.25) is 0 Å². The first kappa shape index (κ1) is 26.3. The Labute approximate surface area is 219 Å². The van der Waals surface area contributed by atoms with Crippen molar-refractivity contribution >= 4 is 11.9 Å². The molecule has 1 N–H and O–H groups in total. The second kappa shape index (κ2) is 8.09. The van der Waals surface area contributed by atoms with Gasteiger partial charge in [-0.25, -0.2) is 0 Å². The average molecular weight is 499 g/mol. The molecule has 0 aromatic rings. The zero-order chi connectivity index (χ0) is 26.5. The number of carbonyl (C=O) groups is 2. The first-order valence-electron chi connectivity index (χ1n) is 14.8. The molecular weight excluding hydrogens is 448 g/mol. The summed E-state index contributed by atoms with van der Waals surface area (Å²) in [6.07, 6.45) is 12.0. The van der Waals surface area contributed by atoms with E-state index < -0.39 is 17.5 Å². The van der Waals surface area contributed by atoms with E-state index in [0.29, 0.717) is 23.7 Å². The molecule has 36 heavy (non-hydrogen) atoms. The number of carbonyl (C=O) groups excluding carboxylic acids is 1. The van der Waals surface area contributed by atoms with Crippen LogP contribution in [0.15, 0.2) is 11.6 Å². The number of aliphatic carboxylic acids is 1. The topological polar surface area (TPSA) is 63.6 Å². The van der Waals surface area contributed by atoms with Crippen LogP contribution in [-0.2, 0) is 14.3 Å². The fourth-order valence-electron chi connectivity index (χ4n) is 11.2. The number of rotatable bonds is 2. The normalized spacial score (nSPS) is 54.2. The molecule has 5 aliphatic rings. The summed E-state index contributed by atoms with van der Waals surface area (Å²) in [4.78, 5) is 24.8. The van der Waals surface area contributed by atoms with Crippen LogP contribution >= 0.6 is 0 Å². The van der Waals surface area contributed by atoms with E-state index in [2.05, 4.69) is 47.6 Å². The fourth-order valence-corrected chi connectivity index (χ4v) is 11.2. The maximum absolute atomic E-state index is 12.9. The third-order valence-corrected chi connectivity index (χ3v) is 13.8. The molecule has 5 aliphatic carbocycles. The Morgan fingerprint density at radius 3 is 2.25 bits per heavy atom. The summed E-state index contributed by atoms with van der Waals surface area (Å²) in [7, 11) is 0. The van der Waals surface area contributed by atoms with Gasteiger partial charge in [-0.1, -0.05) is 53.2 Å². The molecule has 0 heterocycles. The van der Waals surface area contributed by atoms with Crippen molar-refractivity contribution in [3.63, 3.8) is 0 Å². The molecule has 4 nitrogen and oxygen atoms in total. The first-order valence-corrected chi connectivity index (χ1v) is 14.8. The Bertz CT molecular complexity index is 985. The van der Waals surface area contributed by atoms with E-state index >= 15 is 0 Å². The molecule has 0 aliphatic heterocycles. The molecule has 0 saturated heterocycles. The molecule has 3 unspecified atom stereocenters. The van der Waals surface area contributed by atoms with Gasteiger partial charge in [-0.15, -0.1) is 0 Å². The highest BCUT2D eigenvalue weighted by molar-refractivity contribution is 5.77. The van der Waals surface area contributed by atoms with Crippen molar-refractivity contribution in [3.05, 3.63) is 11.6 Å². The van der Waals surface area contributed by atoms with Crippen LogP contribution in [0, 0.1) is 56.7 Å². The van der Waals surface area contributed by atoms with E-state index in [4.69, 9.17) is 4.74 Å². The molecule has 0 aromatic carbocycles. The van der Waals surface area contributed by atoms with Gasteiger partial charge in [-0.05, 0) is 116 Å². The summed E-state index contributed by atoms with van der Waals surface area (Å²) in [6, 6.07) is 0. The number of allylic oxidation sites excluding steroid dienone is 2. The van der Waals surface area contributed by atoms with Gasteiger partial charge in [-0.2, -0.15) is 0 Å². The number of carboxylic acid groups (broad SMARTS) is 1. The molecular formula is C32H50O4. The molecule has 4 heteroatoms. The van der Waals surface area contributed by atoms with Crippen LogP contribution in [0.4, 0.5) is 0 Å². The Hall–Kier alpha value is -1.32. The summed E-state index contributed by atoms with van der Waals surface area (Å²) in [5, 5.41) is 10.5. The van der Waals surface area contributed by atoms with Crippen LogP contribution in [-0.4, -0.2) is 23.1 Å². The van der Waals surface area contributed by atoms with Gasteiger partial charge in [-0.3, -0.25) is 9.59 Å². The molecule has 0 amide bonds. The summed E-state index contributed by atoms with van der Waals surface area (Å²) in [6.45, 7) is 18.4. The van der Waals surface area contributed by atoms with Crippen molar-refractivity contribution < 1.29 is 19.4 Å². The highest BCUT2D eigenvalue weighted by Gasteiger charge is 2.70. The van der Waals surface area contributed by atoms with Crippen molar-refractivity contribution in [1.29, 1.82) is 0 Å². The monoisotopic (exact) mass is 498 g/mol. The molecule has 5 rings (SSSR count). The maximum atomic E-state index is 12.9. The van der Waals surface area contributed by atoms with Gasteiger partial charge in [0.25, 0.3) is 0 Å². The van der Waals surface area contributed by atoms with E-state index in [0.717, 1.165) is 37.5 Å². The number of carboxylic acids is 1. The second-order valence-electron chi connectivity index (χ2n) is 15.0. The van der Waals surface area contributed by atoms with Crippen molar-refractivity contribution in [2.75, 3.05) is 0 Å². The van der Waals surface area contributed by atoms with E-state index in [1.54, 1.807) is 5.57 Å². The fraction of sp³-hybridized carbons (Fsp3) is 0.875. The Morgan fingerprint density at radius 1 is 0.917 bits per heavy atom. The van der Waals surface area contributed by atoms with Crippen LogP contribution in [0.5, 0.6) is 0 Å². The second-order valence-corrected chi connectivity index (χ2v) is 15.0. The zero-order valence-corrected chi connectivity index (χ0v) is 24.1. The summed E-state index contributed by atoms with van der Waals surface area (Å²) >= 11 is 0. The lowest BCUT2D eigenvalue weighted by atomic mass is 9.33. The predicted octanol–water partition coefficient (Wildman–Crippen LogP) is 7.66. The molecule has 0 aromatic heterocycles.